The summed E-state index contributed by atoms with van der Waals surface area (Å²) in [7, 11) is 0. The zero-order chi connectivity index (χ0) is 15.0. The van der Waals surface area contributed by atoms with Crippen LogP contribution in [0, 0.1) is 11.8 Å². The van der Waals surface area contributed by atoms with Gasteiger partial charge in [-0.3, -0.25) is 0 Å². The van der Waals surface area contributed by atoms with Gasteiger partial charge in [0.2, 0.25) is 0 Å². The van der Waals surface area contributed by atoms with Crippen molar-refractivity contribution in [1.29, 1.82) is 0 Å². The minimum Gasteiger partial charge on any atom is -0.493 e. The van der Waals surface area contributed by atoms with Crippen LogP contribution in [-0.4, -0.2) is 17.3 Å². The molecule has 0 bridgehead atoms. The summed E-state index contributed by atoms with van der Waals surface area (Å²) >= 11 is 3.60. The Labute approximate surface area is 136 Å². The first-order valence-corrected chi connectivity index (χ1v) is 8.93. The van der Waals surface area contributed by atoms with Gasteiger partial charge in [0.25, 0.3) is 0 Å². The lowest BCUT2D eigenvalue weighted by Crippen LogP contribution is -2.38. The molecule has 2 nitrogen and oxygen atoms in total. The van der Waals surface area contributed by atoms with Gasteiger partial charge in [-0.25, -0.2) is 0 Å². The van der Waals surface area contributed by atoms with Crippen molar-refractivity contribution in [3.05, 3.63) is 27.7 Å². The fourth-order valence-electron chi connectivity index (χ4n) is 3.95. The second-order valence-corrected chi connectivity index (χ2v) is 8.07. The summed E-state index contributed by atoms with van der Waals surface area (Å²) in [4.78, 5) is 0. The van der Waals surface area contributed by atoms with E-state index < -0.39 is 5.60 Å². The molecule has 1 N–H and O–H groups in total. The standard InChI is InChI=1S/C18H25BrO2/c1-12(2)14-4-3-6-18(20,10-14)11-15-9-16(19)8-13-5-7-21-17(13)15/h8-9,12,14,20H,3-7,10-11H2,1-2H3. The number of aliphatic hydroxyl groups is 1. The van der Waals surface area contributed by atoms with Crippen molar-refractivity contribution in [3.8, 4) is 5.75 Å². The Balaban J connectivity index is 1.83. The van der Waals surface area contributed by atoms with E-state index in [0.717, 1.165) is 48.9 Å². The van der Waals surface area contributed by atoms with Gasteiger partial charge in [-0.2, -0.15) is 0 Å². The van der Waals surface area contributed by atoms with E-state index in [1.54, 1.807) is 0 Å². The molecule has 1 aromatic rings. The Bertz CT molecular complexity index is 526. The molecule has 3 rings (SSSR count). The zero-order valence-corrected chi connectivity index (χ0v) is 14.6. The van der Waals surface area contributed by atoms with Gasteiger partial charge in [0.05, 0.1) is 12.2 Å². The molecule has 1 aromatic carbocycles. The van der Waals surface area contributed by atoms with Gasteiger partial charge in [0.15, 0.2) is 0 Å². The number of halogens is 1. The van der Waals surface area contributed by atoms with Crippen molar-refractivity contribution >= 4 is 15.9 Å². The van der Waals surface area contributed by atoms with E-state index in [1.807, 2.05) is 0 Å². The lowest BCUT2D eigenvalue weighted by Gasteiger charge is -2.39. The third-order valence-corrected chi connectivity index (χ3v) is 5.60. The van der Waals surface area contributed by atoms with Crippen LogP contribution in [0.5, 0.6) is 5.75 Å². The quantitative estimate of drug-likeness (QED) is 0.867. The lowest BCUT2D eigenvalue weighted by molar-refractivity contribution is -0.0243. The van der Waals surface area contributed by atoms with E-state index >= 15 is 0 Å². The molecule has 1 aliphatic carbocycles. The maximum Gasteiger partial charge on any atom is 0.125 e. The molecule has 2 atom stereocenters. The van der Waals surface area contributed by atoms with Crippen molar-refractivity contribution in [3.63, 3.8) is 0 Å². The highest BCUT2D eigenvalue weighted by Gasteiger charge is 2.36. The first kappa shape index (κ1) is 15.4. The summed E-state index contributed by atoms with van der Waals surface area (Å²) in [6.45, 7) is 5.32. The molecule has 0 spiro atoms. The number of hydrogen-bond donors (Lipinski definition) is 1. The normalized spacial score (nSPS) is 28.5. The van der Waals surface area contributed by atoms with Crippen LogP contribution in [0.4, 0.5) is 0 Å². The molecule has 2 aliphatic rings. The van der Waals surface area contributed by atoms with E-state index in [0.29, 0.717) is 11.8 Å². The summed E-state index contributed by atoms with van der Waals surface area (Å²) in [6.07, 6.45) is 5.93. The number of fused-ring (bicyclic) bond motifs is 1. The minimum absolute atomic E-state index is 0.562. The van der Waals surface area contributed by atoms with Crippen molar-refractivity contribution in [1.82, 2.24) is 0 Å². The predicted molar refractivity (Wildman–Crippen MR) is 88.8 cm³/mol. The van der Waals surface area contributed by atoms with Gasteiger partial charge in [-0.1, -0.05) is 36.2 Å². The summed E-state index contributed by atoms with van der Waals surface area (Å²) in [6, 6.07) is 4.27. The summed E-state index contributed by atoms with van der Waals surface area (Å²) in [5.74, 6) is 2.32. The highest BCUT2D eigenvalue weighted by molar-refractivity contribution is 9.10. The minimum atomic E-state index is -0.562. The van der Waals surface area contributed by atoms with Crippen LogP contribution in [-0.2, 0) is 12.8 Å². The Morgan fingerprint density at radius 1 is 1.43 bits per heavy atom. The molecule has 1 saturated carbocycles. The van der Waals surface area contributed by atoms with Crippen LogP contribution >= 0.6 is 15.9 Å². The van der Waals surface area contributed by atoms with Crippen LogP contribution in [0.25, 0.3) is 0 Å². The van der Waals surface area contributed by atoms with Gasteiger partial charge in [0, 0.05) is 17.3 Å². The molecule has 0 saturated heterocycles. The molecular weight excluding hydrogens is 328 g/mol. The Hall–Kier alpha value is -0.540. The van der Waals surface area contributed by atoms with Gasteiger partial charge < -0.3 is 9.84 Å². The van der Waals surface area contributed by atoms with Crippen LogP contribution in [0.1, 0.15) is 50.7 Å². The van der Waals surface area contributed by atoms with E-state index in [2.05, 4.69) is 41.9 Å². The molecule has 116 valence electrons. The second kappa shape index (κ2) is 5.92. The van der Waals surface area contributed by atoms with Gasteiger partial charge in [-0.05, 0) is 54.4 Å². The number of hydrogen-bond acceptors (Lipinski definition) is 2. The molecule has 1 aliphatic heterocycles. The highest BCUT2D eigenvalue weighted by Crippen LogP contribution is 2.41. The first-order chi connectivity index (χ1) is 9.97. The van der Waals surface area contributed by atoms with Gasteiger partial charge >= 0.3 is 0 Å². The van der Waals surface area contributed by atoms with E-state index in [4.69, 9.17) is 4.74 Å². The van der Waals surface area contributed by atoms with Crippen molar-refractivity contribution < 1.29 is 9.84 Å². The monoisotopic (exact) mass is 352 g/mol. The lowest BCUT2D eigenvalue weighted by atomic mass is 9.71. The third kappa shape index (κ3) is 3.29. The van der Waals surface area contributed by atoms with Gasteiger partial charge in [0.1, 0.15) is 5.75 Å². The summed E-state index contributed by atoms with van der Waals surface area (Å²) < 4.78 is 6.91. The van der Waals surface area contributed by atoms with Gasteiger partial charge in [-0.15, -0.1) is 0 Å². The SMILES string of the molecule is CC(C)C1CCCC(O)(Cc2cc(Br)cc3c2OCC3)C1. The van der Waals surface area contributed by atoms with Crippen molar-refractivity contribution in [2.75, 3.05) is 6.61 Å². The Morgan fingerprint density at radius 2 is 2.24 bits per heavy atom. The highest BCUT2D eigenvalue weighted by atomic mass is 79.9. The molecule has 21 heavy (non-hydrogen) atoms. The number of benzene rings is 1. The number of rotatable bonds is 3. The molecule has 1 fully saturated rings. The van der Waals surface area contributed by atoms with Crippen molar-refractivity contribution in [2.45, 2.75) is 58.0 Å². The molecule has 3 heteroatoms. The third-order valence-electron chi connectivity index (χ3n) is 5.15. The second-order valence-electron chi connectivity index (χ2n) is 7.15. The molecule has 0 aromatic heterocycles. The molecule has 0 amide bonds. The molecular formula is C18H25BrO2. The Kier molecular flexibility index (Phi) is 4.33. The maximum absolute atomic E-state index is 11.1. The van der Waals surface area contributed by atoms with E-state index in [9.17, 15) is 5.11 Å². The average Bonchev–Trinajstić information content (AvgIpc) is 2.86. The molecule has 2 unspecified atom stereocenters. The molecule has 0 radical (unpaired) electrons. The fourth-order valence-corrected chi connectivity index (χ4v) is 4.50. The predicted octanol–water partition coefficient (Wildman–Crippen LogP) is 4.50. The zero-order valence-electron chi connectivity index (χ0n) is 13.0. The summed E-state index contributed by atoms with van der Waals surface area (Å²) in [5.41, 5.74) is 1.89. The number of ether oxygens (including phenoxy) is 1. The maximum atomic E-state index is 11.1. The topological polar surface area (TPSA) is 29.5 Å². The molecule has 1 heterocycles. The Morgan fingerprint density at radius 3 is 3.00 bits per heavy atom. The van der Waals surface area contributed by atoms with Crippen LogP contribution < -0.4 is 4.74 Å². The van der Waals surface area contributed by atoms with Crippen LogP contribution in [0.2, 0.25) is 0 Å². The van der Waals surface area contributed by atoms with Crippen molar-refractivity contribution in [2.24, 2.45) is 11.8 Å². The van der Waals surface area contributed by atoms with E-state index in [1.165, 1.54) is 17.5 Å². The fraction of sp³-hybridized carbons (Fsp3) is 0.667. The largest absolute Gasteiger partial charge is 0.493 e. The van der Waals surface area contributed by atoms with Crippen LogP contribution in [0.15, 0.2) is 16.6 Å². The smallest absolute Gasteiger partial charge is 0.125 e. The average molecular weight is 353 g/mol. The summed E-state index contributed by atoms with van der Waals surface area (Å²) in [5, 5.41) is 11.1. The van der Waals surface area contributed by atoms with Crippen LogP contribution in [0.3, 0.4) is 0 Å². The van der Waals surface area contributed by atoms with E-state index in [-0.39, 0.29) is 0 Å². The first-order valence-electron chi connectivity index (χ1n) is 8.13.